The van der Waals surface area contributed by atoms with E-state index in [-0.39, 0.29) is 5.54 Å². The minimum Gasteiger partial charge on any atom is -0.383 e. The van der Waals surface area contributed by atoms with E-state index in [1.165, 1.54) is 5.56 Å². The molecule has 4 nitrogen and oxygen atoms in total. The highest BCUT2D eigenvalue weighted by Gasteiger charge is 2.19. The smallest absolute Gasteiger partial charge is 0.203 e. The lowest BCUT2D eigenvalue weighted by atomic mass is 9.95. The second-order valence-electron chi connectivity index (χ2n) is 5.93. The number of imidazole rings is 1. The largest absolute Gasteiger partial charge is 0.383 e. The number of aryl methyl sites for hydroxylation is 1. The molecule has 0 saturated carbocycles. The van der Waals surface area contributed by atoms with Crippen molar-refractivity contribution in [2.24, 2.45) is 0 Å². The SMILES string of the molecule is COCCn1ccnc1NC(C)(C)CCc1ccccc1. The molecule has 1 aromatic heterocycles. The van der Waals surface area contributed by atoms with Gasteiger partial charge >= 0.3 is 0 Å². The first-order valence-corrected chi connectivity index (χ1v) is 7.43. The fourth-order valence-corrected chi connectivity index (χ4v) is 2.27. The number of anilines is 1. The van der Waals surface area contributed by atoms with E-state index < -0.39 is 0 Å². The maximum Gasteiger partial charge on any atom is 0.203 e. The lowest BCUT2D eigenvalue weighted by Crippen LogP contribution is -2.33. The Hall–Kier alpha value is -1.81. The van der Waals surface area contributed by atoms with Gasteiger partial charge in [0.15, 0.2) is 0 Å². The summed E-state index contributed by atoms with van der Waals surface area (Å²) in [5, 5.41) is 3.54. The number of aromatic nitrogens is 2. The van der Waals surface area contributed by atoms with Crippen LogP contribution in [0.15, 0.2) is 42.7 Å². The number of hydrogen-bond donors (Lipinski definition) is 1. The third-order valence-corrected chi connectivity index (χ3v) is 3.58. The summed E-state index contributed by atoms with van der Waals surface area (Å²) in [4.78, 5) is 4.41. The third-order valence-electron chi connectivity index (χ3n) is 3.58. The fraction of sp³-hybridized carbons (Fsp3) is 0.471. The van der Waals surface area contributed by atoms with Gasteiger partial charge in [-0.2, -0.15) is 0 Å². The Kier molecular flexibility index (Phi) is 5.39. The third kappa shape index (κ3) is 4.90. The van der Waals surface area contributed by atoms with Gasteiger partial charge in [0.25, 0.3) is 0 Å². The minimum atomic E-state index is -0.00792. The Balaban J connectivity index is 1.92. The molecule has 0 saturated heterocycles. The van der Waals surface area contributed by atoms with Gasteiger partial charge in [0, 0.05) is 31.6 Å². The molecule has 0 aliphatic rings. The second-order valence-corrected chi connectivity index (χ2v) is 5.93. The minimum absolute atomic E-state index is 0.00792. The summed E-state index contributed by atoms with van der Waals surface area (Å²) in [5.41, 5.74) is 1.36. The van der Waals surface area contributed by atoms with Gasteiger partial charge in [-0.1, -0.05) is 30.3 Å². The van der Waals surface area contributed by atoms with Gasteiger partial charge in [0.05, 0.1) is 6.61 Å². The number of rotatable bonds is 8. The fourth-order valence-electron chi connectivity index (χ4n) is 2.27. The monoisotopic (exact) mass is 287 g/mol. The molecule has 21 heavy (non-hydrogen) atoms. The topological polar surface area (TPSA) is 39.1 Å². The molecule has 0 amide bonds. The van der Waals surface area contributed by atoms with E-state index in [0.717, 1.165) is 25.3 Å². The Labute approximate surface area is 127 Å². The van der Waals surface area contributed by atoms with Crippen LogP contribution in [0.2, 0.25) is 0 Å². The molecule has 2 aromatic rings. The van der Waals surface area contributed by atoms with Crippen molar-refractivity contribution in [2.45, 2.75) is 38.8 Å². The standard InChI is InChI=1S/C17H25N3O/c1-17(2,10-9-15-7-5-4-6-8-15)19-16-18-11-12-20(16)13-14-21-3/h4-8,11-12H,9-10,13-14H2,1-3H3,(H,18,19). The summed E-state index contributed by atoms with van der Waals surface area (Å²) in [5.74, 6) is 0.908. The number of nitrogens with zero attached hydrogens (tertiary/aromatic N) is 2. The van der Waals surface area contributed by atoms with Crippen LogP contribution in [0.25, 0.3) is 0 Å². The molecule has 0 radical (unpaired) electrons. The molecule has 0 atom stereocenters. The molecule has 1 aromatic carbocycles. The number of benzene rings is 1. The number of hydrogen-bond acceptors (Lipinski definition) is 3. The van der Waals surface area contributed by atoms with Gasteiger partial charge in [0.1, 0.15) is 0 Å². The second kappa shape index (κ2) is 7.27. The lowest BCUT2D eigenvalue weighted by Gasteiger charge is -2.27. The molecule has 114 valence electrons. The van der Waals surface area contributed by atoms with E-state index in [0.29, 0.717) is 6.61 Å². The molecule has 4 heteroatoms. The van der Waals surface area contributed by atoms with E-state index >= 15 is 0 Å². The van der Waals surface area contributed by atoms with Crippen LogP contribution in [-0.2, 0) is 17.7 Å². The summed E-state index contributed by atoms with van der Waals surface area (Å²) in [6, 6.07) is 10.6. The molecular formula is C17H25N3O. The molecule has 2 rings (SSSR count). The zero-order chi connectivity index (χ0) is 15.1. The van der Waals surface area contributed by atoms with Crippen molar-refractivity contribution in [1.29, 1.82) is 0 Å². The number of ether oxygens (including phenoxy) is 1. The van der Waals surface area contributed by atoms with Crippen LogP contribution in [0.1, 0.15) is 25.8 Å². The van der Waals surface area contributed by atoms with Crippen LogP contribution in [-0.4, -0.2) is 28.8 Å². The normalized spacial score (nSPS) is 11.6. The van der Waals surface area contributed by atoms with E-state index in [1.807, 2.05) is 12.4 Å². The maximum atomic E-state index is 5.13. The van der Waals surface area contributed by atoms with Gasteiger partial charge in [0.2, 0.25) is 5.95 Å². The average molecular weight is 287 g/mol. The van der Waals surface area contributed by atoms with Gasteiger partial charge in [-0.05, 0) is 32.3 Å². The summed E-state index contributed by atoms with van der Waals surface area (Å²) in [6.07, 6.45) is 5.91. The van der Waals surface area contributed by atoms with E-state index in [2.05, 4.69) is 59.0 Å². The molecular weight excluding hydrogens is 262 g/mol. The van der Waals surface area contributed by atoms with E-state index in [1.54, 1.807) is 7.11 Å². The highest BCUT2D eigenvalue weighted by molar-refractivity contribution is 5.30. The first-order chi connectivity index (χ1) is 10.1. The summed E-state index contributed by atoms with van der Waals surface area (Å²) < 4.78 is 7.22. The van der Waals surface area contributed by atoms with Crippen molar-refractivity contribution in [2.75, 3.05) is 19.0 Å². The lowest BCUT2D eigenvalue weighted by molar-refractivity contribution is 0.187. The van der Waals surface area contributed by atoms with Gasteiger partial charge in [-0.3, -0.25) is 0 Å². The Morgan fingerprint density at radius 2 is 2.00 bits per heavy atom. The highest BCUT2D eigenvalue weighted by Crippen LogP contribution is 2.19. The van der Waals surface area contributed by atoms with Crippen LogP contribution in [0.4, 0.5) is 5.95 Å². The molecule has 0 bridgehead atoms. The quantitative estimate of drug-likeness (QED) is 0.809. The summed E-state index contributed by atoms with van der Waals surface area (Å²) >= 11 is 0. The predicted molar refractivity (Wildman–Crippen MR) is 86.6 cm³/mol. The first-order valence-electron chi connectivity index (χ1n) is 7.43. The number of nitrogens with one attached hydrogen (secondary N) is 1. The number of methoxy groups -OCH3 is 1. The van der Waals surface area contributed by atoms with Crippen LogP contribution >= 0.6 is 0 Å². The van der Waals surface area contributed by atoms with Crippen molar-refractivity contribution >= 4 is 5.95 Å². The van der Waals surface area contributed by atoms with E-state index in [9.17, 15) is 0 Å². The van der Waals surface area contributed by atoms with E-state index in [4.69, 9.17) is 4.74 Å². The molecule has 0 spiro atoms. The predicted octanol–water partition coefficient (Wildman–Crippen LogP) is 3.35. The van der Waals surface area contributed by atoms with Crippen LogP contribution in [0.5, 0.6) is 0 Å². The van der Waals surface area contributed by atoms with Crippen molar-refractivity contribution in [3.05, 3.63) is 48.3 Å². The molecule has 1 N–H and O–H groups in total. The Morgan fingerprint density at radius 3 is 2.71 bits per heavy atom. The zero-order valence-electron chi connectivity index (χ0n) is 13.2. The van der Waals surface area contributed by atoms with Crippen molar-refractivity contribution < 1.29 is 4.74 Å². The molecule has 0 aliphatic carbocycles. The molecule has 1 heterocycles. The Bertz CT molecular complexity index is 534. The maximum absolute atomic E-state index is 5.13. The van der Waals surface area contributed by atoms with Gasteiger partial charge in [-0.25, -0.2) is 4.98 Å². The van der Waals surface area contributed by atoms with Crippen LogP contribution in [0.3, 0.4) is 0 Å². The molecule has 0 fully saturated rings. The summed E-state index contributed by atoms with van der Waals surface area (Å²) in [6.45, 7) is 5.93. The zero-order valence-corrected chi connectivity index (χ0v) is 13.2. The molecule has 0 aliphatic heterocycles. The first kappa shape index (κ1) is 15.6. The van der Waals surface area contributed by atoms with Crippen LogP contribution < -0.4 is 5.32 Å². The van der Waals surface area contributed by atoms with Crippen molar-refractivity contribution in [1.82, 2.24) is 9.55 Å². The van der Waals surface area contributed by atoms with Crippen molar-refractivity contribution in [3.63, 3.8) is 0 Å². The highest BCUT2D eigenvalue weighted by atomic mass is 16.5. The van der Waals surface area contributed by atoms with Crippen LogP contribution in [0, 0.1) is 0 Å². The van der Waals surface area contributed by atoms with Gasteiger partial charge in [-0.15, -0.1) is 0 Å². The average Bonchev–Trinajstić information content (AvgIpc) is 2.90. The molecule has 0 unspecified atom stereocenters. The Morgan fingerprint density at radius 1 is 1.24 bits per heavy atom. The van der Waals surface area contributed by atoms with Gasteiger partial charge < -0.3 is 14.6 Å². The van der Waals surface area contributed by atoms with Crippen molar-refractivity contribution in [3.8, 4) is 0 Å². The summed E-state index contributed by atoms with van der Waals surface area (Å²) in [7, 11) is 1.72.